The monoisotopic (exact) mass is 347 g/mol. The number of anilines is 1. The summed E-state index contributed by atoms with van der Waals surface area (Å²) in [6, 6.07) is 18.4. The molecule has 4 rings (SSSR count). The van der Waals surface area contributed by atoms with Gasteiger partial charge in [-0.25, -0.2) is 0 Å². The van der Waals surface area contributed by atoms with Crippen LogP contribution < -0.4 is 4.90 Å². The molecule has 124 valence electrons. The predicted octanol–water partition coefficient (Wildman–Crippen LogP) is 4.09. The van der Waals surface area contributed by atoms with Gasteiger partial charge < -0.3 is 4.90 Å². The summed E-state index contributed by atoms with van der Waals surface area (Å²) in [5.74, 6) is 0.760. The maximum Gasteiger partial charge on any atom is 0.235 e. The molecular weight excluding hydrogens is 330 g/mol. The van der Waals surface area contributed by atoms with Crippen LogP contribution in [0.15, 0.2) is 54.6 Å². The molecule has 0 amide bonds. The topological polar surface area (TPSA) is 46.3 Å². The molecule has 0 saturated heterocycles. The van der Waals surface area contributed by atoms with Crippen molar-refractivity contribution in [1.29, 1.82) is 0 Å². The zero-order valence-electron chi connectivity index (χ0n) is 14.0. The van der Waals surface area contributed by atoms with Gasteiger partial charge in [-0.2, -0.15) is 9.61 Å². The van der Waals surface area contributed by atoms with E-state index >= 15 is 0 Å². The molecule has 0 spiro atoms. The van der Waals surface area contributed by atoms with Crippen LogP contribution >= 0.6 is 11.3 Å². The molecule has 6 heteroatoms. The van der Waals surface area contributed by atoms with E-state index in [0.29, 0.717) is 0 Å². The van der Waals surface area contributed by atoms with Gasteiger partial charge in [-0.1, -0.05) is 47.7 Å². The molecule has 2 aromatic carbocycles. The Morgan fingerprint density at radius 3 is 2.40 bits per heavy atom. The highest BCUT2D eigenvalue weighted by Crippen LogP contribution is 2.24. The van der Waals surface area contributed by atoms with E-state index in [1.54, 1.807) is 4.52 Å². The molecule has 0 unspecified atom stereocenters. The van der Waals surface area contributed by atoms with Crippen LogP contribution in [-0.2, 0) is 0 Å². The summed E-state index contributed by atoms with van der Waals surface area (Å²) in [5, 5.41) is 14.1. The lowest BCUT2D eigenvalue weighted by Crippen LogP contribution is -2.08. The van der Waals surface area contributed by atoms with Crippen molar-refractivity contribution in [3.63, 3.8) is 0 Å². The van der Waals surface area contributed by atoms with Gasteiger partial charge in [0, 0.05) is 25.3 Å². The van der Waals surface area contributed by atoms with Crippen LogP contribution in [0.1, 0.15) is 10.6 Å². The van der Waals surface area contributed by atoms with Crippen LogP contribution in [-0.4, -0.2) is 33.9 Å². The third-order valence-electron chi connectivity index (χ3n) is 3.87. The van der Waals surface area contributed by atoms with Crippen molar-refractivity contribution >= 4 is 34.1 Å². The zero-order valence-corrected chi connectivity index (χ0v) is 14.8. The average Bonchev–Trinajstić information content (AvgIpc) is 3.21. The Morgan fingerprint density at radius 2 is 1.68 bits per heavy atom. The van der Waals surface area contributed by atoms with Gasteiger partial charge in [0.1, 0.15) is 5.01 Å². The summed E-state index contributed by atoms with van der Waals surface area (Å²) in [5.41, 5.74) is 3.30. The van der Waals surface area contributed by atoms with Gasteiger partial charge in [-0.3, -0.25) is 0 Å². The molecule has 0 aliphatic heterocycles. The quantitative estimate of drug-likeness (QED) is 0.558. The average molecular weight is 347 g/mol. The summed E-state index contributed by atoms with van der Waals surface area (Å²) in [6.07, 6.45) is 4.06. The molecule has 2 aromatic heterocycles. The Balaban J connectivity index is 1.65. The minimum atomic E-state index is 0.760. The van der Waals surface area contributed by atoms with Gasteiger partial charge in [0.2, 0.25) is 4.96 Å². The molecule has 0 bridgehead atoms. The number of benzene rings is 2. The third-order valence-corrected chi connectivity index (χ3v) is 4.73. The SMILES string of the molecule is CN(C)c1ccc(-c2nnc3sc(/C=C\c4ccccc4)nn23)cc1. The van der Waals surface area contributed by atoms with Gasteiger partial charge in [-0.15, -0.1) is 10.2 Å². The summed E-state index contributed by atoms with van der Waals surface area (Å²) in [4.78, 5) is 2.86. The molecule has 0 atom stereocenters. The zero-order chi connectivity index (χ0) is 17.2. The predicted molar refractivity (Wildman–Crippen MR) is 104 cm³/mol. The van der Waals surface area contributed by atoms with Crippen molar-refractivity contribution in [1.82, 2.24) is 19.8 Å². The third kappa shape index (κ3) is 3.16. The van der Waals surface area contributed by atoms with Crippen LogP contribution in [0.2, 0.25) is 0 Å². The molecule has 0 N–H and O–H groups in total. The molecule has 0 aliphatic carbocycles. The van der Waals surface area contributed by atoms with Crippen molar-refractivity contribution in [2.45, 2.75) is 0 Å². The highest BCUT2D eigenvalue weighted by Gasteiger charge is 2.12. The van der Waals surface area contributed by atoms with E-state index in [4.69, 9.17) is 0 Å². The number of nitrogens with zero attached hydrogens (tertiary/aromatic N) is 5. The molecular formula is C19H17N5S. The van der Waals surface area contributed by atoms with Crippen LogP contribution in [0, 0.1) is 0 Å². The second-order valence-electron chi connectivity index (χ2n) is 5.84. The van der Waals surface area contributed by atoms with Gasteiger partial charge in [-0.05, 0) is 35.9 Å². The standard InChI is InChI=1S/C19H17N5S/c1-23(2)16-11-9-15(10-12-16)18-20-21-19-24(18)22-17(25-19)13-8-14-6-4-3-5-7-14/h3-13H,1-2H3/b13-8-. The first kappa shape index (κ1) is 15.5. The summed E-state index contributed by atoms with van der Waals surface area (Å²) >= 11 is 1.52. The van der Waals surface area contributed by atoms with Crippen molar-refractivity contribution in [2.75, 3.05) is 19.0 Å². The van der Waals surface area contributed by atoms with E-state index in [1.165, 1.54) is 11.3 Å². The highest BCUT2D eigenvalue weighted by atomic mass is 32.1. The lowest BCUT2D eigenvalue weighted by molar-refractivity contribution is 0.959. The molecule has 2 heterocycles. The van der Waals surface area contributed by atoms with E-state index in [9.17, 15) is 0 Å². The molecule has 5 nitrogen and oxygen atoms in total. The Bertz CT molecular complexity index is 1010. The fourth-order valence-electron chi connectivity index (χ4n) is 2.52. The lowest BCUT2D eigenvalue weighted by Gasteiger charge is -2.11. The van der Waals surface area contributed by atoms with Crippen LogP contribution in [0.3, 0.4) is 0 Å². The number of fused-ring (bicyclic) bond motifs is 1. The van der Waals surface area contributed by atoms with Crippen molar-refractivity contribution in [3.8, 4) is 11.4 Å². The Labute approximate surface area is 149 Å². The van der Waals surface area contributed by atoms with Crippen LogP contribution in [0.5, 0.6) is 0 Å². The number of aromatic nitrogens is 4. The maximum atomic E-state index is 4.63. The first-order chi connectivity index (χ1) is 12.2. The van der Waals surface area contributed by atoms with Gasteiger partial charge in [0.15, 0.2) is 5.82 Å². The van der Waals surface area contributed by atoms with Crippen LogP contribution in [0.25, 0.3) is 28.5 Å². The molecule has 4 aromatic rings. The van der Waals surface area contributed by atoms with E-state index in [1.807, 2.05) is 50.5 Å². The largest absolute Gasteiger partial charge is 0.378 e. The van der Waals surface area contributed by atoms with E-state index < -0.39 is 0 Å². The molecule has 0 saturated carbocycles. The minimum absolute atomic E-state index is 0.760. The molecule has 25 heavy (non-hydrogen) atoms. The highest BCUT2D eigenvalue weighted by molar-refractivity contribution is 7.17. The molecule has 0 radical (unpaired) electrons. The number of hydrogen-bond donors (Lipinski definition) is 0. The van der Waals surface area contributed by atoms with Crippen molar-refractivity contribution in [2.24, 2.45) is 0 Å². The smallest absolute Gasteiger partial charge is 0.235 e. The van der Waals surface area contributed by atoms with E-state index in [2.05, 4.69) is 50.5 Å². The summed E-state index contributed by atoms with van der Waals surface area (Å²) in [7, 11) is 4.05. The molecule has 0 aliphatic rings. The first-order valence-electron chi connectivity index (χ1n) is 7.94. The fourth-order valence-corrected chi connectivity index (χ4v) is 3.26. The summed E-state index contributed by atoms with van der Waals surface area (Å²) in [6.45, 7) is 0. The van der Waals surface area contributed by atoms with Gasteiger partial charge >= 0.3 is 0 Å². The first-order valence-corrected chi connectivity index (χ1v) is 8.75. The van der Waals surface area contributed by atoms with Crippen molar-refractivity contribution < 1.29 is 0 Å². The lowest BCUT2D eigenvalue weighted by atomic mass is 10.2. The second-order valence-corrected chi connectivity index (χ2v) is 6.83. The number of hydrogen-bond acceptors (Lipinski definition) is 5. The summed E-state index contributed by atoms with van der Waals surface area (Å²) < 4.78 is 1.81. The fraction of sp³-hybridized carbons (Fsp3) is 0.105. The minimum Gasteiger partial charge on any atom is -0.378 e. The van der Waals surface area contributed by atoms with Gasteiger partial charge in [0.05, 0.1) is 0 Å². The van der Waals surface area contributed by atoms with Crippen LogP contribution in [0.4, 0.5) is 5.69 Å². The normalized spacial score (nSPS) is 11.4. The maximum absolute atomic E-state index is 4.63. The Hall–Kier alpha value is -2.99. The number of rotatable bonds is 4. The van der Waals surface area contributed by atoms with E-state index in [0.717, 1.165) is 32.6 Å². The second kappa shape index (κ2) is 6.49. The van der Waals surface area contributed by atoms with Crippen molar-refractivity contribution in [3.05, 3.63) is 65.2 Å². The molecule has 0 fully saturated rings. The van der Waals surface area contributed by atoms with Gasteiger partial charge in [0.25, 0.3) is 0 Å². The Kier molecular flexibility index (Phi) is 4.03. The Morgan fingerprint density at radius 1 is 0.920 bits per heavy atom. The van der Waals surface area contributed by atoms with E-state index in [-0.39, 0.29) is 0 Å².